The summed E-state index contributed by atoms with van der Waals surface area (Å²) >= 11 is 1.25. The van der Waals surface area contributed by atoms with E-state index in [2.05, 4.69) is 10.1 Å². The van der Waals surface area contributed by atoms with Crippen molar-refractivity contribution in [3.05, 3.63) is 11.1 Å². The molecule has 6 nitrogen and oxygen atoms in total. The number of anilines is 1. The number of aromatic nitrogens is 1. The average Bonchev–Trinajstić information content (AvgIpc) is 2.71. The SMILES string of the molecule is C[C@H]1CC(N)=NN1c1nc(C(=O)O)cs1. The monoisotopic (exact) mass is 226 g/mol. The van der Waals surface area contributed by atoms with Crippen LogP contribution in [0.4, 0.5) is 5.13 Å². The molecule has 1 aliphatic heterocycles. The molecule has 0 aromatic carbocycles. The van der Waals surface area contributed by atoms with Gasteiger partial charge < -0.3 is 10.8 Å². The molecule has 0 bridgehead atoms. The van der Waals surface area contributed by atoms with Crippen molar-refractivity contribution in [3.8, 4) is 0 Å². The van der Waals surface area contributed by atoms with Crippen LogP contribution in [0.15, 0.2) is 10.5 Å². The summed E-state index contributed by atoms with van der Waals surface area (Å²) in [4.78, 5) is 14.6. The molecule has 3 N–H and O–H groups in total. The highest BCUT2D eigenvalue weighted by Crippen LogP contribution is 2.26. The lowest BCUT2D eigenvalue weighted by molar-refractivity contribution is 0.0691. The summed E-state index contributed by atoms with van der Waals surface area (Å²) in [5.74, 6) is -0.476. The molecule has 2 heterocycles. The maximum absolute atomic E-state index is 10.6. The van der Waals surface area contributed by atoms with Gasteiger partial charge in [-0.25, -0.2) is 14.8 Å². The number of carboxylic acid groups (broad SMARTS) is 1. The van der Waals surface area contributed by atoms with E-state index in [9.17, 15) is 4.79 Å². The quantitative estimate of drug-likeness (QED) is 0.775. The van der Waals surface area contributed by atoms with Gasteiger partial charge in [0.15, 0.2) is 5.69 Å². The molecule has 7 heteroatoms. The third-order valence-corrected chi connectivity index (χ3v) is 2.90. The summed E-state index contributed by atoms with van der Waals surface area (Å²) < 4.78 is 0. The third kappa shape index (κ3) is 1.78. The molecule has 0 spiro atoms. The van der Waals surface area contributed by atoms with Crippen molar-refractivity contribution < 1.29 is 9.90 Å². The number of carbonyl (C=O) groups is 1. The molecule has 1 aliphatic rings. The van der Waals surface area contributed by atoms with Crippen molar-refractivity contribution in [1.82, 2.24) is 4.98 Å². The van der Waals surface area contributed by atoms with Gasteiger partial charge in [-0.1, -0.05) is 0 Å². The first-order valence-electron chi connectivity index (χ1n) is 4.39. The standard InChI is InChI=1S/C8H10N4O2S/c1-4-2-6(9)11-12(4)8-10-5(3-15-8)7(13)14/h3-4H,2H2,1H3,(H2,9,11)(H,13,14)/t4-/m0/s1. The van der Waals surface area contributed by atoms with Crippen LogP contribution in [0, 0.1) is 0 Å². The Morgan fingerprint density at radius 2 is 2.53 bits per heavy atom. The lowest BCUT2D eigenvalue weighted by Gasteiger charge is -2.15. The summed E-state index contributed by atoms with van der Waals surface area (Å²) in [5.41, 5.74) is 5.63. The van der Waals surface area contributed by atoms with Gasteiger partial charge in [-0.2, -0.15) is 5.10 Å². The molecule has 15 heavy (non-hydrogen) atoms. The number of nitrogens with zero attached hydrogens (tertiary/aromatic N) is 3. The number of nitrogens with two attached hydrogens (primary N) is 1. The molecule has 0 radical (unpaired) electrons. The zero-order chi connectivity index (χ0) is 11.0. The Morgan fingerprint density at radius 1 is 1.80 bits per heavy atom. The second-order valence-electron chi connectivity index (χ2n) is 3.31. The summed E-state index contributed by atoms with van der Waals surface area (Å²) in [6.07, 6.45) is 0.683. The van der Waals surface area contributed by atoms with E-state index >= 15 is 0 Å². The molecule has 80 valence electrons. The zero-order valence-electron chi connectivity index (χ0n) is 8.04. The predicted molar refractivity (Wildman–Crippen MR) is 57.3 cm³/mol. The van der Waals surface area contributed by atoms with Crippen LogP contribution >= 0.6 is 11.3 Å². The molecule has 1 aromatic rings. The maximum Gasteiger partial charge on any atom is 0.355 e. The minimum Gasteiger partial charge on any atom is -0.476 e. The van der Waals surface area contributed by atoms with Crippen molar-refractivity contribution in [1.29, 1.82) is 0 Å². The molecule has 1 atom stereocenters. The summed E-state index contributed by atoms with van der Waals surface area (Å²) in [6, 6.07) is 0.137. The van der Waals surface area contributed by atoms with Crippen molar-refractivity contribution in [2.75, 3.05) is 5.01 Å². The average molecular weight is 226 g/mol. The minimum absolute atomic E-state index is 0.0443. The third-order valence-electron chi connectivity index (χ3n) is 2.07. The van der Waals surface area contributed by atoms with E-state index in [0.29, 0.717) is 17.4 Å². The highest BCUT2D eigenvalue weighted by molar-refractivity contribution is 7.13. The number of amidine groups is 1. The molecule has 0 saturated heterocycles. The van der Waals surface area contributed by atoms with E-state index < -0.39 is 5.97 Å². The van der Waals surface area contributed by atoms with Gasteiger partial charge in [-0.05, 0) is 6.92 Å². The number of hydrogen-bond donors (Lipinski definition) is 2. The molecule has 0 amide bonds. The van der Waals surface area contributed by atoms with Crippen LogP contribution in [-0.2, 0) is 0 Å². The summed E-state index contributed by atoms with van der Waals surface area (Å²) in [5, 5.41) is 16.5. The molecule has 0 unspecified atom stereocenters. The fourth-order valence-electron chi connectivity index (χ4n) is 1.37. The maximum atomic E-state index is 10.6. The van der Waals surface area contributed by atoms with Gasteiger partial charge in [0.05, 0.1) is 6.04 Å². The number of hydrazone groups is 1. The van der Waals surface area contributed by atoms with Gasteiger partial charge >= 0.3 is 5.97 Å². The van der Waals surface area contributed by atoms with Gasteiger partial charge in [0.1, 0.15) is 5.84 Å². The lowest BCUT2D eigenvalue weighted by atomic mass is 10.2. The number of rotatable bonds is 2. The summed E-state index contributed by atoms with van der Waals surface area (Å²) in [7, 11) is 0. The van der Waals surface area contributed by atoms with E-state index in [0.717, 1.165) is 0 Å². The Balaban J connectivity index is 2.26. The Hall–Kier alpha value is -1.63. The van der Waals surface area contributed by atoms with E-state index in [4.69, 9.17) is 10.8 Å². The van der Waals surface area contributed by atoms with Crippen LogP contribution in [0.25, 0.3) is 0 Å². The lowest BCUT2D eigenvalue weighted by Crippen LogP contribution is -2.22. The van der Waals surface area contributed by atoms with Gasteiger partial charge in [0, 0.05) is 11.8 Å². The van der Waals surface area contributed by atoms with E-state index in [-0.39, 0.29) is 11.7 Å². The second kappa shape index (κ2) is 3.50. The largest absolute Gasteiger partial charge is 0.476 e. The highest BCUT2D eigenvalue weighted by atomic mass is 32.1. The first-order valence-corrected chi connectivity index (χ1v) is 5.27. The van der Waals surface area contributed by atoms with E-state index in [1.807, 2.05) is 6.92 Å². The summed E-state index contributed by atoms with van der Waals surface area (Å²) in [6.45, 7) is 1.96. The number of hydrogen-bond acceptors (Lipinski definition) is 6. The van der Waals surface area contributed by atoms with Crippen LogP contribution in [0.2, 0.25) is 0 Å². The highest BCUT2D eigenvalue weighted by Gasteiger charge is 2.25. The molecular formula is C8H10N4O2S. The molecule has 1 aromatic heterocycles. The minimum atomic E-state index is -1.03. The second-order valence-corrected chi connectivity index (χ2v) is 4.15. The molecule has 2 rings (SSSR count). The van der Waals surface area contributed by atoms with E-state index in [1.54, 1.807) is 5.01 Å². The van der Waals surface area contributed by atoms with Crippen LogP contribution in [0.5, 0.6) is 0 Å². The number of thiazole rings is 1. The van der Waals surface area contributed by atoms with Gasteiger partial charge in [0.25, 0.3) is 0 Å². The van der Waals surface area contributed by atoms with Crippen molar-refractivity contribution in [3.63, 3.8) is 0 Å². The number of aromatic carboxylic acids is 1. The first kappa shape index (κ1) is 9.91. The Morgan fingerprint density at radius 3 is 3.00 bits per heavy atom. The van der Waals surface area contributed by atoms with E-state index in [1.165, 1.54) is 16.7 Å². The fraction of sp³-hybridized carbons (Fsp3) is 0.375. The Labute approximate surface area is 90.0 Å². The number of carboxylic acids is 1. The van der Waals surface area contributed by atoms with Crippen LogP contribution in [-0.4, -0.2) is 27.9 Å². The fourth-order valence-corrected chi connectivity index (χ4v) is 2.22. The predicted octanol–water partition coefficient (Wildman–Crippen LogP) is 0.712. The van der Waals surface area contributed by atoms with Crippen molar-refractivity contribution in [2.45, 2.75) is 19.4 Å². The van der Waals surface area contributed by atoms with Gasteiger partial charge in [-0.15, -0.1) is 11.3 Å². The van der Waals surface area contributed by atoms with Gasteiger partial charge in [-0.3, -0.25) is 0 Å². The smallest absolute Gasteiger partial charge is 0.355 e. The molecular weight excluding hydrogens is 216 g/mol. The normalized spacial score (nSPS) is 20.5. The Bertz CT molecular complexity index is 428. The van der Waals surface area contributed by atoms with Gasteiger partial charge in [0.2, 0.25) is 5.13 Å². The zero-order valence-corrected chi connectivity index (χ0v) is 8.86. The van der Waals surface area contributed by atoms with Crippen molar-refractivity contribution in [2.24, 2.45) is 10.8 Å². The van der Waals surface area contributed by atoms with Crippen LogP contribution in [0.1, 0.15) is 23.8 Å². The van der Waals surface area contributed by atoms with Crippen molar-refractivity contribution >= 4 is 28.3 Å². The molecule has 0 saturated carbocycles. The molecule has 0 aliphatic carbocycles. The topological polar surface area (TPSA) is 91.8 Å². The molecule has 0 fully saturated rings. The first-order chi connectivity index (χ1) is 7.08. The van der Waals surface area contributed by atoms with Crippen LogP contribution in [0.3, 0.4) is 0 Å². The van der Waals surface area contributed by atoms with Crippen LogP contribution < -0.4 is 10.7 Å². The Kier molecular flexibility index (Phi) is 2.31.